The van der Waals surface area contributed by atoms with Crippen LogP contribution in [-0.4, -0.2) is 77.7 Å². The maximum atomic E-state index is 13.0. The molecule has 3 amide bonds. The van der Waals surface area contributed by atoms with Gasteiger partial charge in [-0.1, -0.05) is 30.3 Å². The lowest BCUT2D eigenvalue weighted by molar-refractivity contribution is -0.137. The summed E-state index contributed by atoms with van der Waals surface area (Å²) in [7, 11) is 0. The highest BCUT2D eigenvalue weighted by Gasteiger charge is 2.39. The average molecular weight is 399 g/mol. The second kappa shape index (κ2) is 8.53. The Hall–Kier alpha value is -2.41. The lowest BCUT2D eigenvalue weighted by atomic mass is 10.1. The number of nitrogens with zero attached hydrogens (tertiary/aromatic N) is 3. The van der Waals surface area contributed by atoms with Crippen LogP contribution in [0.1, 0.15) is 37.8 Å². The van der Waals surface area contributed by atoms with E-state index in [0.29, 0.717) is 51.7 Å². The summed E-state index contributed by atoms with van der Waals surface area (Å²) in [5.74, 6) is -0.0594. The molecule has 0 unspecified atom stereocenters. The first-order valence-corrected chi connectivity index (χ1v) is 10.7. The van der Waals surface area contributed by atoms with Crippen molar-refractivity contribution in [3.05, 3.63) is 35.9 Å². The molecule has 1 saturated carbocycles. The smallest absolute Gasteiger partial charge is 0.234 e. The monoisotopic (exact) mass is 398 g/mol. The normalized spacial score (nSPS) is 23.9. The van der Waals surface area contributed by atoms with E-state index < -0.39 is 0 Å². The Morgan fingerprint density at radius 1 is 1.10 bits per heavy atom. The molecule has 1 aliphatic carbocycles. The van der Waals surface area contributed by atoms with E-state index >= 15 is 0 Å². The van der Waals surface area contributed by atoms with Gasteiger partial charge in [-0.05, 0) is 25.3 Å². The van der Waals surface area contributed by atoms with Gasteiger partial charge in [-0.2, -0.15) is 0 Å². The first-order chi connectivity index (χ1) is 14.0. The molecule has 29 heavy (non-hydrogen) atoms. The van der Waals surface area contributed by atoms with Gasteiger partial charge in [-0.15, -0.1) is 0 Å². The summed E-state index contributed by atoms with van der Waals surface area (Å²) in [6, 6.07) is 10.3. The minimum absolute atomic E-state index is 0.0247. The highest BCUT2D eigenvalue weighted by Crippen LogP contribution is 2.29. The van der Waals surface area contributed by atoms with Crippen molar-refractivity contribution in [2.75, 3.05) is 39.3 Å². The van der Waals surface area contributed by atoms with Crippen molar-refractivity contribution in [1.29, 1.82) is 0 Å². The summed E-state index contributed by atoms with van der Waals surface area (Å²) in [5.41, 5.74) is 1.09. The van der Waals surface area contributed by atoms with Crippen LogP contribution in [0.3, 0.4) is 0 Å². The molecule has 1 aromatic carbocycles. The summed E-state index contributed by atoms with van der Waals surface area (Å²) < 4.78 is 0. The van der Waals surface area contributed by atoms with E-state index in [-0.39, 0.29) is 29.7 Å². The van der Waals surface area contributed by atoms with Crippen molar-refractivity contribution in [2.45, 2.75) is 38.3 Å². The Labute approximate surface area is 172 Å². The first kappa shape index (κ1) is 19.9. The van der Waals surface area contributed by atoms with Gasteiger partial charge in [0, 0.05) is 45.2 Å². The molecule has 0 aromatic heterocycles. The SMILES string of the molecule is C[C@H](c1ccccc1)N1C[C@@H](C(=O)N2CCN(CC(=O)NC3CC3)CC2)CC1=O. The molecule has 2 atom stereocenters. The van der Waals surface area contributed by atoms with Crippen molar-refractivity contribution >= 4 is 17.7 Å². The average Bonchev–Trinajstić information content (AvgIpc) is 3.46. The number of carbonyl (C=O) groups excluding carboxylic acids is 3. The summed E-state index contributed by atoms with van der Waals surface area (Å²) in [4.78, 5) is 43.3. The van der Waals surface area contributed by atoms with Gasteiger partial charge in [0.15, 0.2) is 0 Å². The molecule has 2 saturated heterocycles. The standard InChI is InChI=1S/C22H30N4O3/c1-16(17-5-3-2-4-6-17)26-14-18(13-21(26)28)22(29)25-11-9-24(10-12-25)15-20(27)23-19-7-8-19/h2-6,16,18-19H,7-15H2,1H3,(H,23,27)/t16-,18+/m1/s1. The van der Waals surface area contributed by atoms with Crippen LogP contribution in [-0.2, 0) is 14.4 Å². The van der Waals surface area contributed by atoms with Crippen LogP contribution >= 0.6 is 0 Å². The number of hydrogen-bond acceptors (Lipinski definition) is 4. The van der Waals surface area contributed by atoms with Crippen LogP contribution in [0.25, 0.3) is 0 Å². The predicted octanol–water partition coefficient (Wildman–Crippen LogP) is 1.02. The maximum Gasteiger partial charge on any atom is 0.234 e. The van der Waals surface area contributed by atoms with Crippen molar-refractivity contribution in [2.24, 2.45) is 5.92 Å². The largest absolute Gasteiger partial charge is 0.352 e. The van der Waals surface area contributed by atoms with Crippen LogP contribution in [0, 0.1) is 5.92 Å². The van der Waals surface area contributed by atoms with E-state index in [9.17, 15) is 14.4 Å². The molecule has 156 valence electrons. The Morgan fingerprint density at radius 3 is 2.45 bits per heavy atom. The summed E-state index contributed by atoms with van der Waals surface area (Å²) in [6.45, 7) is 5.55. The molecule has 4 rings (SSSR count). The maximum absolute atomic E-state index is 13.0. The van der Waals surface area contributed by atoms with Crippen molar-refractivity contribution in [1.82, 2.24) is 20.0 Å². The molecular formula is C22H30N4O3. The second-order valence-electron chi connectivity index (χ2n) is 8.48. The molecule has 1 aromatic rings. The lowest BCUT2D eigenvalue weighted by Gasteiger charge is -2.35. The number of carbonyl (C=O) groups is 3. The molecule has 2 heterocycles. The third-order valence-electron chi connectivity index (χ3n) is 6.25. The number of hydrogen-bond donors (Lipinski definition) is 1. The Bertz CT molecular complexity index is 757. The van der Waals surface area contributed by atoms with E-state index in [1.807, 2.05) is 47.1 Å². The van der Waals surface area contributed by atoms with Crippen LogP contribution in [0.5, 0.6) is 0 Å². The van der Waals surface area contributed by atoms with Gasteiger partial charge in [0.1, 0.15) is 0 Å². The summed E-state index contributed by atoms with van der Waals surface area (Å²) >= 11 is 0. The fourth-order valence-corrected chi connectivity index (χ4v) is 4.27. The summed E-state index contributed by atoms with van der Waals surface area (Å²) in [5, 5.41) is 3.01. The molecule has 0 radical (unpaired) electrons. The number of rotatable bonds is 6. The van der Waals surface area contributed by atoms with Gasteiger partial charge in [0.2, 0.25) is 17.7 Å². The molecule has 0 bridgehead atoms. The predicted molar refractivity (Wildman–Crippen MR) is 109 cm³/mol. The lowest BCUT2D eigenvalue weighted by Crippen LogP contribution is -2.52. The zero-order chi connectivity index (χ0) is 20.4. The number of likely N-dealkylation sites (tertiary alicyclic amines) is 1. The van der Waals surface area contributed by atoms with Gasteiger partial charge in [-0.25, -0.2) is 0 Å². The zero-order valence-corrected chi connectivity index (χ0v) is 17.0. The van der Waals surface area contributed by atoms with Crippen LogP contribution in [0.2, 0.25) is 0 Å². The van der Waals surface area contributed by atoms with Gasteiger partial charge >= 0.3 is 0 Å². The van der Waals surface area contributed by atoms with E-state index in [1.54, 1.807) is 0 Å². The first-order valence-electron chi connectivity index (χ1n) is 10.7. The van der Waals surface area contributed by atoms with Crippen molar-refractivity contribution < 1.29 is 14.4 Å². The Morgan fingerprint density at radius 2 is 1.79 bits per heavy atom. The molecule has 2 aliphatic heterocycles. The van der Waals surface area contributed by atoms with E-state index in [2.05, 4.69) is 10.2 Å². The molecule has 0 spiro atoms. The Balaban J connectivity index is 1.27. The molecule has 3 fully saturated rings. The van der Waals surface area contributed by atoms with Crippen LogP contribution in [0.4, 0.5) is 0 Å². The highest BCUT2D eigenvalue weighted by molar-refractivity contribution is 5.89. The number of piperazine rings is 1. The molecule has 1 N–H and O–H groups in total. The van der Waals surface area contributed by atoms with E-state index in [4.69, 9.17) is 0 Å². The van der Waals surface area contributed by atoms with Gasteiger partial charge in [0.25, 0.3) is 0 Å². The Kier molecular flexibility index (Phi) is 5.85. The minimum Gasteiger partial charge on any atom is -0.352 e. The summed E-state index contributed by atoms with van der Waals surface area (Å²) in [6.07, 6.45) is 2.47. The van der Waals surface area contributed by atoms with Gasteiger partial charge in [-0.3, -0.25) is 19.3 Å². The van der Waals surface area contributed by atoms with E-state index in [0.717, 1.165) is 18.4 Å². The van der Waals surface area contributed by atoms with E-state index in [1.165, 1.54) is 0 Å². The minimum atomic E-state index is -0.265. The van der Waals surface area contributed by atoms with Crippen molar-refractivity contribution in [3.8, 4) is 0 Å². The van der Waals surface area contributed by atoms with Gasteiger partial charge in [0.05, 0.1) is 18.5 Å². The molecule has 3 aliphatic rings. The van der Waals surface area contributed by atoms with Gasteiger partial charge < -0.3 is 15.1 Å². The van der Waals surface area contributed by atoms with Crippen LogP contribution in [0.15, 0.2) is 30.3 Å². The fraction of sp³-hybridized carbons (Fsp3) is 0.591. The fourth-order valence-electron chi connectivity index (χ4n) is 4.27. The molecule has 7 nitrogen and oxygen atoms in total. The highest BCUT2D eigenvalue weighted by atomic mass is 16.2. The number of amides is 3. The zero-order valence-electron chi connectivity index (χ0n) is 17.0. The topological polar surface area (TPSA) is 73.0 Å². The quantitative estimate of drug-likeness (QED) is 0.777. The third-order valence-corrected chi connectivity index (χ3v) is 6.25. The third kappa shape index (κ3) is 4.78. The number of nitrogens with one attached hydrogen (secondary N) is 1. The van der Waals surface area contributed by atoms with Crippen molar-refractivity contribution in [3.63, 3.8) is 0 Å². The molecular weight excluding hydrogens is 368 g/mol. The number of benzene rings is 1. The van der Waals surface area contributed by atoms with Crippen LogP contribution < -0.4 is 5.32 Å². The molecule has 7 heteroatoms. The second-order valence-corrected chi connectivity index (χ2v) is 8.48.